The third kappa shape index (κ3) is 8.41. The van der Waals surface area contributed by atoms with E-state index in [0.29, 0.717) is 27.8 Å². The molecule has 1 saturated heterocycles. The number of thioether (sulfide) groups is 1. The van der Waals surface area contributed by atoms with E-state index in [4.69, 9.17) is 0 Å². The van der Waals surface area contributed by atoms with Crippen LogP contribution in [-0.2, 0) is 6.42 Å². The van der Waals surface area contributed by atoms with E-state index < -0.39 is 18.6 Å². The Hall–Kier alpha value is -4.39. The number of amidine groups is 1. The summed E-state index contributed by atoms with van der Waals surface area (Å²) in [6.45, 7) is 4.69. The summed E-state index contributed by atoms with van der Waals surface area (Å²) < 4.78 is 57.6. The first kappa shape index (κ1) is 32.0. The number of carbonyl (C=O) groups is 1. The first-order chi connectivity index (χ1) is 21.6. The standard InChI is InChI=1S/C32H32F4N6O2S/c1-3-5-23-7-6-21(2)18-28(23)41-16-4-17-45-31(41)39-30(43)37-19-27(33)22-8-10-24(11-9-22)29-38-20-42(40-29)25-12-14-26(15-13-25)44-32(34,35)36/h6-15,18,20,27H,3-5,16-17,19H2,1-2H3,(H,37,43)/b39-31-. The van der Waals surface area contributed by atoms with Crippen molar-refractivity contribution in [3.63, 3.8) is 0 Å². The van der Waals surface area contributed by atoms with Crippen LogP contribution in [0.5, 0.6) is 5.75 Å². The predicted octanol–water partition coefficient (Wildman–Crippen LogP) is 7.81. The maximum atomic E-state index is 15.1. The Bertz CT molecular complexity index is 1640. The van der Waals surface area contributed by atoms with Gasteiger partial charge in [0.2, 0.25) is 0 Å². The number of urea groups is 1. The van der Waals surface area contributed by atoms with Gasteiger partial charge in [0.1, 0.15) is 18.2 Å². The summed E-state index contributed by atoms with van der Waals surface area (Å²) in [7, 11) is 0. The third-order valence-electron chi connectivity index (χ3n) is 7.03. The van der Waals surface area contributed by atoms with Gasteiger partial charge in [0.25, 0.3) is 0 Å². The zero-order valence-electron chi connectivity index (χ0n) is 24.7. The molecule has 236 valence electrons. The summed E-state index contributed by atoms with van der Waals surface area (Å²) in [4.78, 5) is 23.4. The summed E-state index contributed by atoms with van der Waals surface area (Å²) >= 11 is 1.52. The average molecular weight is 641 g/mol. The molecule has 0 aliphatic carbocycles. The van der Waals surface area contributed by atoms with E-state index in [1.807, 2.05) is 6.92 Å². The van der Waals surface area contributed by atoms with E-state index in [1.54, 1.807) is 24.3 Å². The molecular weight excluding hydrogens is 608 g/mol. The quantitative estimate of drug-likeness (QED) is 0.188. The van der Waals surface area contributed by atoms with Gasteiger partial charge in [0, 0.05) is 23.5 Å². The number of nitrogens with one attached hydrogen (secondary N) is 1. The molecule has 0 bridgehead atoms. The first-order valence-electron chi connectivity index (χ1n) is 14.5. The van der Waals surface area contributed by atoms with Crippen LogP contribution in [0.1, 0.15) is 42.6 Å². The molecule has 3 aromatic carbocycles. The Kier molecular flexibility index (Phi) is 10.1. The van der Waals surface area contributed by atoms with Crippen molar-refractivity contribution >= 4 is 28.6 Å². The predicted molar refractivity (Wildman–Crippen MR) is 168 cm³/mol. The summed E-state index contributed by atoms with van der Waals surface area (Å²) in [5, 5.41) is 7.57. The highest BCUT2D eigenvalue weighted by Gasteiger charge is 2.31. The van der Waals surface area contributed by atoms with Crippen LogP contribution in [0.4, 0.5) is 28.0 Å². The van der Waals surface area contributed by atoms with E-state index in [1.165, 1.54) is 52.6 Å². The van der Waals surface area contributed by atoms with Crippen molar-refractivity contribution in [2.24, 2.45) is 4.99 Å². The van der Waals surface area contributed by atoms with Crippen LogP contribution >= 0.6 is 11.8 Å². The lowest BCUT2D eigenvalue weighted by Crippen LogP contribution is -2.36. The normalized spacial score (nSPS) is 15.2. The molecule has 0 spiro atoms. The fraction of sp³-hybridized carbons (Fsp3) is 0.312. The van der Waals surface area contributed by atoms with E-state index >= 15 is 4.39 Å². The molecule has 13 heteroatoms. The monoisotopic (exact) mass is 640 g/mol. The minimum Gasteiger partial charge on any atom is -0.406 e. The number of hydrogen-bond donors (Lipinski definition) is 1. The van der Waals surface area contributed by atoms with E-state index in [0.717, 1.165) is 42.8 Å². The molecule has 0 radical (unpaired) electrons. The van der Waals surface area contributed by atoms with Gasteiger partial charge in [-0.2, -0.15) is 4.99 Å². The van der Waals surface area contributed by atoms with E-state index in [2.05, 4.69) is 55.2 Å². The number of carbonyl (C=O) groups excluding carboxylic acids is 1. The summed E-state index contributed by atoms with van der Waals surface area (Å²) in [5.74, 6) is 0.859. The van der Waals surface area contributed by atoms with Crippen molar-refractivity contribution in [1.82, 2.24) is 20.1 Å². The van der Waals surface area contributed by atoms with Gasteiger partial charge in [-0.1, -0.05) is 61.5 Å². The molecule has 1 N–H and O–H groups in total. The second kappa shape index (κ2) is 14.1. The Morgan fingerprint density at radius 3 is 2.58 bits per heavy atom. The molecule has 2 heterocycles. The first-order valence-corrected chi connectivity index (χ1v) is 15.5. The molecule has 0 saturated carbocycles. The lowest BCUT2D eigenvalue weighted by atomic mass is 10.0. The van der Waals surface area contributed by atoms with Gasteiger partial charge in [0.05, 0.1) is 12.2 Å². The number of anilines is 1. The number of aliphatic imine (C=N–C) groups is 1. The van der Waals surface area contributed by atoms with Crippen LogP contribution in [0.15, 0.2) is 78.0 Å². The molecule has 1 aliphatic rings. The molecule has 1 fully saturated rings. The van der Waals surface area contributed by atoms with Gasteiger partial charge < -0.3 is 15.0 Å². The molecule has 8 nitrogen and oxygen atoms in total. The Morgan fingerprint density at radius 2 is 1.87 bits per heavy atom. The number of ether oxygens (including phenoxy) is 1. The molecule has 1 aromatic heterocycles. The molecule has 1 unspecified atom stereocenters. The van der Waals surface area contributed by atoms with Crippen molar-refractivity contribution in [2.45, 2.75) is 45.6 Å². The van der Waals surface area contributed by atoms with Crippen molar-refractivity contribution < 1.29 is 27.1 Å². The van der Waals surface area contributed by atoms with Gasteiger partial charge in [-0.3, -0.25) is 0 Å². The van der Waals surface area contributed by atoms with Gasteiger partial charge >= 0.3 is 12.4 Å². The zero-order chi connectivity index (χ0) is 32.0. The van der Waals surface area contributed by atoms with Crippen LogP contribution in [-0.4, -0.2) is 51.2 Å². The highest BCUT2D eigenvalue weighted by Crippen LogP contribution is 2.30. The maximum Gasteiger partial charge on any atom is 0.573 e. The summed E-state index contributed by atoms with van der Waals surface area (Å²) in [6, 6.07) is 17.5. The van der Waals surface area contributed by atoms with Gasteiger partial charge in [-0.25, -0.2) is 18.9 Å². The minimum absolute atomic E-state index is 0.244. The van der Waals surface area contributed by atoms with Gasteiger partial charge in [-0.15, -0.1) is 18.3 Å². The number of aryl methyl sites for hydroxylation is 2. The third-order valence-corrected chi connectivity index (χ3v) is 8.09. The molecule has 1 atom stereocenters. The van der Waals surface area contributed by atoms with Crippen molar-refractivity contribution in [3.05, 3.63) is 89.7 Å². The van der Waals surface area contributed by atoms with Crippen molar-refractivity contribution in [1.29, 1.82) is 0 Å². The highest BCUT2D eigenvalue weighted by atomic mass is 32.2. The minimum atomic E-state index is -4.77. The number of rotatable bonds is 9. The van der Waals surface area contributed by atoms with Crippen LogP contribution in [0, 0.1) is 6.92 Å². The van der Waals surface area contributed by atoms with E-state index in [9.17, 15) is 18.0 Å². The largest absolute Gasteiger partial charge is 0.573 e. The van der Waals surface area contributed by atoms with Gasteiger partial charge in [0.15, 0.2) is 11.0 Å². The lowest BCUT2D eigenvalue weighted by Gasteiger charge is -2.31. The molecule has 45 heavy (non-hydrogen) atoms. The number of aromatic nitrogens is 3. The van der Waals surface area contributed by atoms with Crippen LogP contribution in [0.25, 0.3) is 17.1 Å². The summed E-state index contributed by atoms with van der Waals surface area (Å²) in [5.41, 5.74) is 4.87. The molecule has 1 aliphatic heterocycles. The fourth-order valence-electron chi connectivity index (χ4n) is 4.86. The number of benzene rings is 3. The van der Waals surface area contributed by atoms with Crippen LogP contribution < -0.4 is 15.0 Å². The average Bonchev–Trinajstić information content (AvgIpc) is 3.51. The number of halogens is 4. The van der Waals surface area contributed by atoms with Crippen molar-refractivity contribution in [2.75, 3.05) is 23.7 Å². The smallest absolute Gasteiger partial charge is 0.406 e. The zero-order valence-corrected chi connectivity index (χ0v) is 25.5. The molecular formula is C32H32F4N6O2S. The second-order valence-electron chi connectivity index (χ2n) is 10.5. The van der Waals surface area contributed by atoms with Gasteiger partial charge in [-0.05, 0) is 66.8 Å². The number of nitrogens with zero attached hydrogens (tertiary/aromatic N) is 5. The maximum absolute atomic E-state index is 15.1. The topological polar surface area (TPSA) is 84.6 Å². The number of alkyl halides is 4. The fourth-order valence-corrected chi connectivity index (χ4v) is 5.81. The Balaban J connectivity index is 1.19. The molecule has 4 aromatic rings. The van der Waals surface area contributed by atoms with Crippen molar-refractivity contribution in [3.8, 4) is 22.8 Å². The second-order valence-corrected chi connectivity index (χ2v) is 11.5. The van der Waals surface area contributed by atoms with Crippen LogP contribution in [0.3, 0.4) is 0 Å². The Labute approximate surface area is 262 Å². The summed E-state index contributed by atoms with van der Waals surface area (Å²) in [6.07, 6.45) is -1.92. The number of hydrogen-bond acceptors (Lipinski definition) is 5. The Morgan fingerprint density at radius 1 is 1.11 bits per heavy atom. The highest BCUT2D eigenvalue weighted by molar-refractivity contribution is 8.14. The van der Waals surface area contributed by atoms with Crippen LogP contribution in [0.2, 0.25) is 0 Å². The molecule has 5 rings (SSSR count). The molecule has 2 amide bonds. The SMILES string of the molecule is CCCc1ccc(C)cc1N1CCCS/C1=N\C(=O)NCC(F)c1ccc(-c2ncn(-c3ccc(OC(F)(F)F)cc3)n2)cc1. The number of amides is 2. The lowest BCUT2D eigenvalue weighted by molar-refractivity contribution is -0.274. The van der Waals surface area contributed by atoms with E-state index in [-0.39, 0.29) is 12.3 Å².